The van der Waals surface area contributed by atoms with Crippen molar-refractivity contribution in [3.8, 4) is 0 Å². The number of hydrogen-bond acceptors (Lipinski definition) is 4. The molecule has 0 aliphatic heterocycles. The van der Waals surface area contributed by atoms with Gasteiger partial charge in [0.25, 0.3) is 0 Å². The lowest BCUT2D eigenvalue weighted by atomic mass is 9.73. The Labute approximate surface area is 114 Å². The maximum absolute atomic E-state index is 4.34. The number of aromatic nitrogens is 2. The van der Waals surface area contributed by atoms with Gasteiger partial charge in [-0.25, -0.2) is 9.97 Å². The smallest absolute Gasteiger partial charge is 0.187 e. The summed E-state index contributed by atoms with van der Waals surface area (Å²) in [6.45, 7) is 7.96. The summed E-state index contributed by atoms with van der Waals surface area (Å²) >= 11 is 1.83. The SMILES string of the molecule is CCNC1C(Sc2ncccn2)CCCC1(C)C. The average Bonchev–Trinajstić information content (AvgIpc) is 2.35. The van der Waals surface area contributed by atoms with Crippen LogP contribution < -0.4 is 5.32 Å². The molecule has 1 aliphatic carbocycles. The van der Waals surface area contributed by atoms with Gasteiger partial charge in [0.2, 0.25) is 0 Å². The van der Waals surface area contributed by atoms with E-state index in [0.29, 0.717) is 16.7 Å². The molecule has 2 unspecified atom stereocenters. The van der Waals surface area contributed by atoms with Crippen molar-refractivity contribution in [1.29, 1.82) is 0 Å². The zero-order valence-corrected chi connectivity index (χ0v) is 12.3. The molecule has 18 heavy (non-hydrogen) atoms. The zero-order valence-electron chi connectivity index (χ0n) is 11.5. The Bertz CT molecular complexity index is 367. The molecule has 0 radical (unpaired) electrons. The van der Waals surface area contributed by atoms with Crippen molar-refractivity contribution in [1.82, 2.24) is 15.3 Å². The van der Waals surface area contributed by atoms with Crippen molar-refractivity contribution in [2.75, 3.05) is 6.54 Å². The second kappa shape index (κ2) is 6.02. The lowest BCUT2D eigenvalue weighted by Gasteiger charge is -2.44. The summed E-state index contributed by atoms with van der Waals surface area (Å²) in [7, 11) is 0. The van der Waals surface area contributed by atoms with Gasteiger partial charge in [-0.05, 0) is 30.9 Å². The van der Waals surface area contributed by atoms with Crippen molar-refractivity contribution in [2.45, 2.75) is 56.5 Å². The average molecular weight is 265 g/mol. The fraction of sp³-hybridized carbons (Fsp3) is 0.714. The fourth-order valence-electron chi connectivity index (χ4n) is 2.82. The van der Waals surface area contributed by atoms with Crippen molar-refractivity contribution < 1.29 is 0 Å². The lowest BCUT2D eigenvalue weighted by Crippen LogP contribution is -2.51. The number of thioether (sulfide) groups is 1. The predicted octanol–water partition coefficient (Wildman–Crippen LogP) is 3.13. The third-order valence-electron chi connectivity index (χ3n) is 3.75. The van der Waals surface area contributed by atoms with E-state index in [-0.39, 0.29) is 0 Å². The van der Waals surface area contributed by atoms with Crippen LogP contribution in [0.3, 0.4) is 0 Å². The van der Waals surface area contributed by atoms with Gasteiger partial charge in [-0.15, -0.1) is 0 Å². The largest absolute Gasteiger partial charge is 0.313 e. The van der Waals surface area contributed by atoms with Crippen molar-refractivity contribution >= 4 is 11.8 Å². The molecule has 1 fully saturated rings. The first-order valence-corrected chi connectivity index (χ1v) is 7.68. The number of nitrogens with zero attached hydrogens (tertiary/aromatic N) is 2. The van der Waals surface area contributed by atoms with Crippen LogP contribution in [0.25, 0.3) is 0 Å². The van der Waals surface area contributed by atoms with Crippen molar-refractivity contribution in [3.05, 3.63) is 18.5 Å². The summed E-state index contributed by atoms with van der Waals surface area (Å²) in [5.74, 6) is 0. The molecule has 0 spiro atoms. The molecule has 2 rings (SSSR count). The summed E-state index contributed by atoms with van der Waals surface area (Å²) in [5, 5.41) is 5.15. The molecule has 1 saturated carbocycles. The third-order valence-corrected chi connectivity index (χ3v) is 4.98. The molecule has 1 aliphatic rings. The van der Waals surface area contributed by atoms with E-state index >= 15 is 0 Å². The third kappa shape index (κ3) is 3.23. The van der Waals surface area contributed by atoms with Crippen LogP contribution in [0.2, 0.25) is 0 Å². The van der Waals surface area contributed by atoms with Crippen LogP contribution in [0.4, 0.5) is 0 Å². The van der Waals surface area contributed by atoms with Gasteiger partial charge < -0.3 is 5.32 Å². The first-order valence-electron chi connectivity index (χ1n) is 6.80. The molecule has 1 aromatic rings. The molecule has 4 heteroatoms. The quantitative estimate of drug-likeness (QED) is 0.849. The molecule has 1 heterocycles. The van der Waals surface area contributed by atoms with Gasteiger partial charge in [0.1, 0.15) is 0 Å². The molecule has 0 bridgehead atoms. The highest BCUT2D eigenvalue weighted by molar-refractivity contribution is 7.99. The molecule has 1 N–H and O–H groups in total. The minimum absolute atomic E-state index is 0.362. The topological polar surface area (TPSA) is 37.8 Å². The molecular weight excluding hydrogens is 242 g/mol. The van der Waals surface area contributed by atoms with Crippen molar-refractivity contribution in [2.24, 2.45) is 5.41 Å². The van der Waals surface area contributed by atoms with E-state index in [4.69, 9.17) is 0 Å². The highest BCUT2D eigenvalue weighted by Crippen LogP contribution is 2.41. The summed E-state index contributed by atoms with van der Waals surface area (Å²) in [6.07, 6.45) is 7.51. The van der Waals surface area contributed by atoms with Crippen molar-refractivity contribution in [3.63, 3.8) is 0 Å². The number of hydrogen-bond donors (Lipinski definition) is 1. The van der Waals surface area contributed by atoms with Gasteiger partial charge in [-0.3, -0.25) is 0 Å². The normalized spacial score (nSPS) is 27.1. The van der Waals surface area contributed by atoms with Crippen LogP contribution in [0.1, 0.15) is 40.0 Å². The maximum Gasteiger partial charge on any atom is 0.187 e. The van der Waals surface area contributed by atoms with Crippen LogP contribution in [-0.2, 0) is 0 Å². The van der Waals surface area contributed by atoms with Gasteiger partial charge in [0.15, 0.2) is 5.16 Å². The Morgan fingerprint density at radius 2 is 2.11 bits per heavy atom. The first-order chi connectivity index (χ1) is 8.63. The standard InChI is InChI=1S/C14H23N3S/c1-4-15-12-11(7-5-8-14(12,2)3)18-13-16-9-6-10-17-13/h6,9-12,15H,4-5,7-8H2,1-3H3. The molecular formula is C14H23N3S. The lowest BCUT2D eigenvalue weighted by molar-refractivity contribution is 0.176. The highest BCUT2D eigenvalue weighted by Gasteiger charge is 2.39. The summed E-state index contributed by atoms with van der Waals surface area (Å²) < 4.78 is 0. The number of nitrogens with one attached hydrogen (secondary N) is 1. The second-order valence-electron chi connectivity index (χ2n) is 5.60. The predicted molar refractivity (Wildman–Crippen MR) is 76.8 cm³/mol. The Morgan fingerprint density at radius 1 is 1.39 bits per heavy atom. The molecule has 0 amide bonds. The van der Waals surface area contributed by atoms with Gasteiger partial charge in [-0.2, -0.15) is 0 Å². The molecule has 2 atom stereocenters. The summed E-state index contributed by atoms with van der Waals surface area (Å²) in [6, 6.07) is 2.42. The molecule has 1 aromatic heterocycles. The van der Waals surface area contributed by atoms with E-state index in [1.165, 1.54) is 19.3 Å². The van der Waals surface area contributed by atoms with Gasteiger partial charge in [0.05, 0.1) is 0 Å². The molecule has 0 aromatic carbocycles. The molecule has 3 nitrogen and oxygen atoms in total. The Morgan fingerprint density at radius 3 is 2.78 bits per heavy atom. The van der Waals surface area contributed by atoms with E-state index in [1.807, 2.05) is 30.2 Å². The number of rotatable bonds is 4. The monoisotopic (exact) mass is 265 g/mol. The van der Waals surface area contributed by atoms with Crippen LogP contribution >= 0.6 is 11.8 Å². The Balaban J connectivity index is 2.09. The fourth-order valence-corrected chi connectivity index (χ4v) is 4.22. The van der Waals surface area contributed by atoms with E-state index in [1.54, 1.807) is 0 Å². The van der Waals surface area contributed by atoms with E-state index in [9.17, 15) is 0 Å². The van der Waals surface area contributed by atoms with E-state index in [0.717, 1.165) is 11.7 Å². The van der Waals surface area contributed by atoms with Crippen LogP contribution in [0.5, 0.6) is 0 Å². The van der Waals surface area contributed by atoms with E-state index in [2.05, 4.69) is 36.1 Å². The summed E-state index contributed by atoms with van der Waals surface area (Å²) in [5.41, 5.74) is 0.362. The minimum Gasteiger partial charge on any atom is -0.313 e. The maximum atomic E-state index is 4.34. The van der Waals surface area contributed by atoms with Crippen LogP contribution in [0.15, 0.2) is 23.6 Å². The molecule has 100 valence electrons. The molecule has 0 saturated heterocycles. The van der Waals surface area contributed by atoms with Crippen LogP contribution in [0, 0.1) is 5.41 Å². The van der Waals surface area contributed by atoms with Gasteiger partial charge >= 0.3 is 0 Å². The highest BCUT2D eigenvalue weighted by atomic mass is 32.2. The summed E-state index contributed by atoms with van der Waals surface area (Å²) in [4.78, 5) is 8.68. The zero-order chi connectivity index (χ0) is 13.0. The Kier molecular flexibility index (Phi) is 4.62. The second-order valence-corrected chi connectivity index (χ2v) is 6.81. The van der Waals surface area contributed by atoms with Gasteiger partial charge in [-0.1, -0.05) is 39.0 Å². The van der Waals surface area contributed by atoms with Gasteiger partial charge in [0, 0.05) is 23.7 Å². The van der Waals surface area contributed by atoms with Crippen LogP contribution in [-0.4, -0.2) is 27.8 Å². The Hall–Kier alpha value is -0.610. The first kappa shape index (κ1) is 13.8. The van der Waals surface area contributed by atoms with E-state index < -0.39 is 0 Å². The minimum atomic E-state index is 0.362.